The molecule has 0 fully saturated rings. The van der Waals surface area contributed by atoms with Crippen LogP contribution in [0, 0.1) is 13.8 Å². The van der Waals surface area contributed by atoms with Gasteiger partial charge in [0.05, 0.1) is 22.3 Å². The zero-order chi connectivity index (χ0) is 15.6. The molecule has 0 saturated carbocycles. The molecule has 0 amide bonds. The van der Waals surface area contributed by atoms with Gasteiger partial charge in [-0.05, 0) is 43.2 Å². The first-order chi connectivity index (χ1) is 9.79. The van der Waals surface area contributed by atoms with Crippen LogP contribution in [0.3, 0.4) is 0 Å². The summed E-state index contributed by atoms with van der Waals surface area (Å²) in [6, 6.07) is 5.61. The molecule has 0 aliphatic rings. The Labute approximate surface area is 122 Å². The van der Waals surface area contributed by atoms with Crippen LogP contribution in [-0.4, -0.2) is 24.5 Å². The highest BCUT2D eigenvalue weighted by Gasteiger charge is 2.19. The number of benzene rings is 1. The number of pyridine rings is 1. The lowest BCUT2D eigenvalue weighted by molar-refractivity contribution is 0.0696. The molecule has 7 heteroatoms. The number of aromatic carboxylic acids is 1. The summed E-state index contributed by atoms with van der Waals surface area (Å²) >= 11 is 0. The van der Waals surface area contributed by atoms with E-state index in [2.05, 4.69) is 9.71 Å². The van der Waals surface area contributed by atoms with Crippen LogP contribution in [0.25, 0.3) is 0 Å². The Balaban J connectivity index is 2.44. The Morgan fingerprint density at radius 2 is 1.90 bits per heavy atom. The number of carboxylic acid groups (broad SMARTS) is 1. The Morgan fingerprint density at radius 1 is 1.19 bits per heavy atom. The predicted molar refractivity (Wildman–Crippen MR) is 77.9 cm³/mol. The van der Waals surface area contributed by atoms with Crippen molar-refractivity contribution in [1.82, 2.24) is 4.98 Å². The van der Waals surface area contributed by atoms with Gasteiger partial charge in [-0.15, -0.1) is 0 Å². The van der Waals surface area contributed by atoms with E-state index in [1.807, 2.05) is 0 Å². The van der Waals surface area contributed by atoms with Gasteiger partial charge in [-0.25, -0.2) is 13.2 Å². The second-order valence-corrected chi connectivity index (χ2v) is 6.29. The second-order valence-electron chi connectivity index (χ2n) is 4.64. The van der Waals surface area contributed by atoms with E-state index in [1.54, 1.807) is 26.1 Å². The van der Waals surface area contributed by atoms with Gasteiger partial charge in [0, 0.05) is 6.20 Å². The van der Waals surface area contributed by atoms with E-state index >= 15 is 0 Å². The third kappa shape index (κ3) is 3.38. The van der Waals surface area contributed by atoms with E-state index in [0.717, 1.165) is 11.6 Å². The first kappa shape index (κ1) is 15.0. The molecular formula is C14H14N2O4S. The standard InChI is InChI=1S/C14H14N2O4S/c1-9-5-12(8-15-7-9)16-21(19,20)13-6-11(14(17)18)4-3-10(13)2/h3-8,16H,1-2H3,(H,17,18). The first-order valence-corrected chi connectivity index (χ1v) is 7.56. The van der Waals surface area contributed by atoms with Crippen molar-refractivity contribution in [2.24, 2.45) is 0 Å². The molecule has 1 aromatic heterocycles. The molecule has 0 spiro atoms. The summed E-state index contributed by atoms with van der Waals surface area (Å²) in [6.07, 6.45) is 3.00. The Kier molecular flexibility index (Phi) is 3.95. The minimum atomic E-state index is -3.87. The lowest BCUT2D eigenvalue weighted by Crippen LogP contribution is -2.15. The van der Waals surface area contributed by atoms with Gasteiger partial charge in [0.2, 0.25) is 0 Å². The van der Waals surface area contributed by atoms with Crippen LogP contribution >= 0.6 is 0 Å². The summed E-state index contributed by atoms with van der Waals surface area (Å²) in [5.74, 6) is -1.18. The molecule has 21 heavy (non-hydrogen) atoms. The average Bonchev–Trinajstić information content (AvgIpc) is 2.38. The summed E-state index contributed by atoms with van der Waals surface area (Å²) in [5, 5.41) is 8.97. The quantitative estimate of drug-likeness (QED) is 0.902. The molecule has 0 unspecified atom stereocenters. The van der Waals surface area contributed by atoms with Crippen molar-refractivity contribution < 1.29 is 18.3 Å². The lowest BCUT2D eigenvalue weighted by atomic mass is 10.1. The maximum atomic E-state index is 12.4. The molecule has 0 saturated heterocycles. The number of hydrogen-bond donors (Lipinski definition) is 2. The van der Waals surface area contributed by atoms with Gasteiger partial charge < -0.3 is 5.11 Å². The number of anilines is 1. The molecule has 1 aromatic carbocycles. The molecule has 2 N–H and O–H groups in total. The van der Waals surface area contributed by atoms with Gasteiger partial charge in [0.15, 0.2) is 0 Å². The van der Waals surface area contributed by atoms with E-state index in [9.17, 15) is 13.2 Å². The molecule has 2 rings (SSSR count). The van der Waals surface area contributed by atoms with Crippen molar-refractivity contribution in [2.75, 3.05) is 4.72 Å². The van der Waals surface area contributed by atoms with Gasteiger partial charge in [-0.1, -0.05) is 6.07 Å². The number of rotatable bonds is 4. The minimum Gasteiger partial charge on any atom is -0.478 e. The number of nitrogens with zero attached hydrogens (tertiary/aromatic N) is 1. The summed E-state index contributed by atoms with van der Waals surface area (Å²) in [4.78, 5) is 14.8. The molecule has 2 aromatic rings. The summed E-state index contributed by atoms with van der Waals surface area (Å²) in [7, 11) is -3.87. The largest absolute Gasteiger partial charge is 0.478 e. The van der Waals surface area contributed by atoms with E-state index in [0.29, 0.717) is 11.3 Å². The normalized spacial score (nSPS) is 11.1. The summed E-state index contributed by atoms with van der Waals surface area (Å²) in [6.45, 7) is 3.40. The van der Waals surface area contributed by atoms with Crippen LogP contribution in [0.1, 0.15) is 21.5 Å². The Bertz CT molecular complexity index is 800. The fraction of sp³-hybridized carbons (Fsp3) is 0.143. The zero-order valence-corrected chi connectivity index (χ0v) is 12.3. The number of aryl methyl sites for hydroxylation is 2. The molecule has 0 atom stereocenters. The number of carboxylic acids is 1. The van der Waals surface area contributed by atoms with Crippen molar-refractivity contribution in [2.45, 2.75) is 18.7 Å². The van der Waals surface area contributed by atoms with Crippen molar-refractivity contribution >= 4 is 21.7 Å². The average molecular weight is 306 g/mol. The van der Waals surface area contributed by atoms with Crippen molar-refractivity contribution in [3.8, 4) is 0 Å². The van der Waals surface area contributed by atoms with Gasteiger partial charge >= 0.3 is 5.97 Å². The maximum Gasteiger partial charge on any atom is 0.335 e. The van der Waals surface area contributed by atoms with Gasteiger partial charge in [-0.2, -0.15) is 0 Å². The molecule has 0 radical (unpaired) electrons. The highest BCUT2D eigenvalue weighted by atomic mass is 32.2. The topological polar surface area (TPSA) is 96.4 Å². The molecule has 110 valence electrons. The predicted octanol–water partition coefficient (Wildman–Crippen LogP) is 2.20. The zero-order valence-electron chi connectivity index (χ0n) is 11.5. The van der Waals surface area contributed by atoms with Crippen LogP contribution in [0.5, 0.6) is 0 Å². The number of aromatic nitrogens is 1. The second kappa shape index (κ2) is 5.53. The highest BCUT2D eigenvalue weighted by Crippen LogP contribution is 2.21. The van der Waals surface area contributed by atoms with Crippen LogP contribution in [-0.2, 0) is 10.0 Å². The minimum absolute atomic E-state index is 0.0658. The van der Waals surface area contributed by atoms with E-state index in [-0.39, 0.29) is 10.5 Å². The van der Waals surface area contributed by atoms with E-state index < -0.39 is 16.0 Å². The van der Waals surface area contributed by atoms with Gasteiger partial charge in [0.1, 0.15) is 0 Å². The fourth-order valence-electron chi connectivity index (χ4n) is 1.84. The monoisotopic (exact) mass is 306 g/mol. The molecule has 0 bridgehead atoms. The molecule has 1 heterocycles. The Morgan fingerprint density at radius 3 is 2.52 bits per heavy atom. The fourth-order valence-corrected chi connectivity index (χ4v) is 3.15. The lowest BCUT2D eigenvalue weighted by Gasteiger charge is -2.11. The maximum absolute atomic E-state index is 12.4. The SMILES string of the molecule is Cc1cncc(NS(=O)(=O)c2cc(C(=O)O)ccc2C)c1. The first-order valence-electron chi connectivity index (χ1n) is 6.08. The van der Waals surface area contributed by atoms with Crippen LogP contribution in [0.4, 0.5) is 5.69 Å². The molecule has 0 aliphatic heterocycles. The van der Waals surface area contributed by atoms with Crippen LogP contribution < -0.4 is 4.72 Å². The third-order valence-electron chi connectivity index (χ3n) is 2.85. The summed E-state index contributed by atoms with van der Waals surface area (Å²) in [5.41, 5.74) is 1.53. The van der Waals surface area contributed by atoms with Crippen molar-refractivity contribution in [3.63, 3.8) is 0 Å². The number of carbonyl (C=O) groups is 1. The summed E-state index contributed by atoms with van der Waals surface area (Å²) < 4.78 is 27.2. The van der Waals surface area contributed by atoms with Gasteiger partial charge in [-0.3, -0.25) is 9.71 Å². The smallest absolute Gasteiger partial charge is 0.335 e. The number of hydrogen-bond acceptors (Lipinski definition) is 4. The van der Waals surface area contributed by atoms with Gasteiger partial charge in [0.25, 0.3) is 10.0 Å². The van der Waals surface area contributed by atoms with Crippen LogP contribution in [0.15, 0.2) is 41.6 Å². The molecule has 6 nitrogen and oxygen atoms in total. The number of sulfonamides is 1. The number of nitrogens with one attached hydrogen (secondary N) is 1. The highest BCUT2D eigenvalue weighted by molar-refractivity contribution is 7.92. The molecular weight excluding hydrogens is 292 g/mol. The van der Waals surface area contributed by atoms with Crippen molar-refractivity contribution in [3.05, 3.63) is 53.3 Å². The third-order valence-corrected chi connectivity index (χ3v) is 4.38. The van der Waals surface area contributed by atoms with E-state index in [4.69, 9.17) is 5.11 Å². The molecule has 0 aliphatic carbocycles. The Hall–Kier alpha value is -2.41. The van der Waals surface area contributed by atoms with E-state index in [1.165, 1.54) is 18.3 Å². The van der Waals surface area contributed by atoms with Crippen LogP contribution in [0.2, 0.25) is 0 Å². The van der Waals surface area contributed by atoms with Crippen molar-refractivity contribution in [1.29, 1.82) is 0 Å².